The second-order valence-corrected chi connectivity index (χ2v) is 6.98. The molecule has 0 aliphatic heterocycles. The molecule has 2 aromatic heterocycles. The first kappa shape index (κ1) is 19.9. The van der Waals surface area contributed by atoms with Crippen LogP contribution in [0.1, 0.15) is 40.0 Å². The molecule has 2 heterocycles. The van der Waals surface area contributed by atoms with Crippen molar-refractivity contribution in [3.8, 4) is 11.6 Å². The monoisotopic (exact) mass is 380 g/mol. The van der Waals surface area contributed by atoms with Crippen LogP contribution in [-0.2, 0) is 4.79 Å². The van der Waals surface area contributed by atoms with E-state index in [2.05, 4.69) is 29.0 Å². The molecule has 3 aromatic rings. The molecule has 0 fully saturated rings. The second kappa shape index (κ2) is 9.35. The van der Waals surface area contributed by atoms with Gasteiger partial charge in [0, 0.05) is 30.9 Å². The molecule has 6 nitrogen and oxygen atoms in total. The van der Waals surface area contributed by atoms with Crippen LogP contribution in [0.4, 0.5) is 5.82 Å². The lowest BCUT2D eigenvalue weighted by Crippen LogP contribution is -2.36. The molecule has 0 bridgehead atoms. The number of nitrogens with one attached hydrogen (secondary N) is 1. The van der Waals surface area contributed by atoms with Crippen LogP contribution in [0.5, 0.6) is 0 Å². The van der Waals surface area contributed by atoms with Crippen molar-refractivity contribution in [1.29, 1.82) is 0 Å². The third-order valence-corrected chi connectivity index (χ3v) is 4.75. The summed E-state index contributed by atoms with van der Waals surface area (Å²) in [6.07, 6.45) is 3.93. The minimum Gasteiger partial charge on any atom is -0.461 e. The van der Waals surface area contributed by atoms with Gasteiger partial charge >= 0.3 is 0 Å². The van der Waals surface area contributed by atoms with Crippen LogP contribution in [0.2, 0.25) is 0 Å². The fraction of sp³-hybridized carbons (Fsp3) is 0.409. The SMILES string of the molecule is CCCN(CCC(=O)N[C@H](C)CC)c1nc(-c2ccco2)nc2ccccc12. The topological polar surface area (TPSA) is 71.3 Å². The zero-order valence-electron chi connectivity index (χ0n) is 16.8. The molecule has 28 heavy (non-hydrogen) atoms. The standard InChI is InChI=1S/C22H28N4O2/c1-4-13-26(14-12-20(27)23-16(3)5-2)22-17-9-6-7-10-18(17)24-21(25-22)19-11-8-15-28-19/h6-11,15-16H,4-5,12-14H2,1-3H3,(H,23,27)/t16-/m1/s1. The van der Waals surface area contributed by atoms with Gasteiger partial charge in [-0.1, -0.05) is 26.0 Å². The number of benzene rings is 1. The molecule has 0 saturated heterocycles. The normalized spacial score (nSPS) is 12.1. The van der Waals surface area contributed by atoms with Crippen LogP contribution in [-0.4, -0.2) is 35.0 Å². The van der Waals surface area contributed by atoms with E-state index in [9.17, 15) is 4.79 Å². The van der Waals surface area contributed by atoms with E-state index >= 15 is 0 Å². The summed E-state index contributed by atoms with van der Waals surface area (Å²) in [7, 11) is 0. The molecule has 0 aliphatic carbocycles. The predicted molar refractivity (Wildman–Crippen MR) is 112 cm³/mol. The van der Waals surface area contributed by atoms with E-state index in [1.54, 1.807) is 6.26 Å². The Hall–Kier alpha value is -2.89. The number of hydrogen-bond donors (Lipinski definition) is 1. The molecule has 148 valence electrons. The van der Waals surface area contributed by atoms with E-state index in [0.29, 0.717) is 24.6 Å². The van der Waals surface area contributed by atoms with Gasteiger partial charge in [0.1, 0.15) is 5.82 Å². The zero-order chi connectivity index (χ0) is 19.9. The van der Waals surface area contributed by atoms with Crippen molar-refractivity contribution >= 4 is 22.6 Å². The highest BCUT2D eigenvalue weighted by atomic mass is 16.3. The van der Waals surface area contributed by atoms with Gasteiger partial charge in [0.25, 0.3) is 0 Å². The molecule has 0 saturated carbocycles. The van der Waals surface area contributed by atoms with Crippen molar-refractivity contribution < 1.29 is 9.21 Å². The predicted octanol–water partition coefficient (Wildman–Crippen LogP) is 4.41. The minimum atomic E-state index is 0.0695. The van der Waals surface area contributed by atoms with Gasteiger partial charge in [-0.2, -0.15) is 0 Å². The van der Waals surface area contributed by atoms with Gasteiger partial charge in [-0.15, -0.1) is 0 Å². The second-order valence-electron chi connectivity index (χ2n) is 6.98. The molecule has 6 heteroatoms. The van der Waals surface area contributed by atoms with Gasteiger partial charge in [0.05, 0.1) is 11.8 Å². The Bertz CT molecular complexity index is 908. The number of para-hydroxylation sites is 1. The van der Waals surface area contributed by atoms with Crippen LogP contribution in [0.3, 0.4) is 0 Å². The molecule has 0 unspecified atom stereocenters. The number of rotatable bonds is 9. The molecule has 0 radical (unpaired) electrons. The maximum absolute atomic E-state index is 12.3. The van der Waals surface area contributed by atoms with Crippen molar-refractivity contribution in [3.63, 3.8) is 0 Å². The molecule has 3 rings (SSSR count). The first-order valence-electron chi connectivity index (χ1n) is 9.97. The van der Waals surface area contributed by atoms with E-state index in [1.165, 1.54) is 0 Å². The van der Waals surface area contributed by atoms with Crippen LogP contribution in [0.15, 0.2) is 47.1 Å². The Morgan fingerprint density at radius 1 is 1.14 bits per heavy atom. The number of hydrogen-bond acceptors (Lipinski definition) is 5. The first-order chi connectivity index (χ1) is 13.6. The Kier molecular flexibility index (Phi) is 6.63. The summed E-state index contributed by atoms with van der Waals surface area (Å²) in [6.45, 7) is 7.64. The maximum Gasteiger partial charge on any atom is 0.221 e. The lowest BCUT2D eigenvalue weighted by atomic mass is 10.2. The average Bonchev–Trinajstić information content (AvgIpc) is 3.25. The van der Waals surface area contributed by atoms with Gasteiger partial charge in [0.15, 0.2) is 11.6 Å². The fourth-order valence-electron chi connectivity index (χ4n) is 3.10. The first-order valence-corrected chi connectivity index (χ1v) is 9.97. The molecule has 0 aliphatic rings. The number of furan rings is 1. The number of carbonyl (C=O) groups excluding carboxylic acids is 1. The largest absolute Gasteiger partial charge is 0.461 e. The fourth-order valence-corrected chi connectivity index (χ4v) is 3.10. The molecule has 1 amide bonds. The Labute approximate surface area is 166 Å². The number of amides is 1. The number of carbonyl (C=O) groups is 1. The summed E-state index contributed by atoms with van der Waals surface area (Å²) in [5.41, 5.74) is 0.865. The van der Waals surface area contributed by atoms with Crippen LogP contribution in [0, 0.1) is 0 Å². The maximum atomic E-state index is 12.3. The van der Waals surface area contributed by atoms with Gasteiger partial charge in [-0.05, 0) is 44.0 Å². The highest BCUT2D eigenvalue weighted by Crippen LogP contribution is 2.28. The van der Waals surface area contributed by atoms with E-state index in [-0.39, 0.29) is 11.9 Å². The van der Waals surface area contributed by atoms with E-state index in [4.69, 9.17) is 9.40 Å². The van der Waals surface area contributed by atoms with Crippen LogP contribution < -0.4 is 10.2 Å². The molecule has 1 atom stereocenters. The Morgan fingerprint density at radius 3 is 2.68 bits per heavy atom. The summed E-state index contributed by atoms with van der Waals surface area (Å²) in [6, 6.07) is 11.8. The van der Waals surface area contributed by atoms with Crippen molar-refractivity contribution in [2.75, 3.05) is 18.0 Å². The summed E-state index contributed by atoms with van der Waals surface area (Å²) in [5.74, 6) is 2.11. The highest BCUT2D eigenvalue weighted by molar-refractivity contribution is 5.91. The van der Waals surface area contributed by atoms with E-state index < -0.39 is 0 Å². The molecular weight excluding hydrogens is 352 g/mol. The number of aromatic nitrogens is 2. The van der Waals surface area contributed by atoms with Gasteiger partial charge < -0.3 is 14.6 Å². The smallest absolute Gasteiger partial charge is 0.221 e. The van der Waals surface area contributed by atoms with Crippen molar-refractivity contribution in [3.05, 3.63) is 42.7 Å². The molecular formula is C22H28N4O2. The van der Waals surface area contributed by atoms with E-state index in [0.717, 1.165) is 36.1 Å². The highest BCUT2D eigenvalue weighted by Gasteiger charge is 2.17. The van der Waals surface area contributed by atoms with Crippen LogP contribution >= 0.6 is 0 Å². The number of fused-ring (bicyclic) bond motifs is 1. The third kappa shape index (κ3) is 4.68. The lowest BCUT2D eigenvalue weighted by molar-refractivity contribution is -0.121. The minimum absolute atomic E-state index is 0.0695. The summed E-state index contributed by atoms with van der Waals surface area (Å²) in [5, 5.41) is 4.02. The summed E-state index contributed by atoms with van der Waals surface area (Å²) in [4.78, 5) is 23.9. The zero-order valence-corrected chi connectivity index (χ0v) is 16.8. The third-order valence-electron chi connectivity index (χ3n) is 4.75. The lowest BCUT2D eigenvalue weighted by Gasteiger charge is -2.25. The van der Waals surface area contributed by atoms with E-state index in [1.807, 2.05) is 43.3 Å². The number of nitrogens with zero attached hydrogens (tertiary/aromatic N) is 3. The van der Waals surface area contributed by atoms with Crippen molar-refractivity contribution in [2.24, 2.45) is 0 Å². The van der Waals surface area contributed by atoms with Crippen molar-refractivity contribution in [1.82, 2.24) is 15.3 Å². The Morgan fingerprint density at radius 2 is 1.96 bits per heavy atom. The summed E-state index contributed by atoms with van der Waals surface area (Å²) < 4.78 is 5.51. The number of anilines is 1. The van der Waals surface area contributed by atoms with Gasteiger partial charge in [0.2, 0.25) is 5.91 Å². The van der Waals surface area contributed by atoms with Gasteiger partial charge in [-0.3, -0.25) is 4.79 Å². The average molecular weight is 380 g/mol. The van der Waals surface area contributed by atoms with Crippen molar-refractivity contribution in [2.45, 2.75) is 46.1 Å². The van der Waals surface area contributed by atoms with Gasteiger partial charge in [-0.25, -0.2) is 9.97 Å². The molecule has 1 aromatic carbocycles. The molecule has 0 spiro atoms. The quantitative estimate of drug-likeness (QED) is 0.595. The van der Waals surface area contributed by atoms with Crippen LogP contribution in [0.25, 0.3) is 22.5 Å². The molecule has 1 N–H and O–H groups in total. The summed E-state index contributed by atoms with van der Waals surface area (Å²) >= 11 is 0. The Balaban J connectivity index is 1.92.